The summed E-state index contributed by atoms with van der Waals surface area (Å²) in [5.41, 5.74) is 4.82. The summed E-state index contributed by atoms with van der Waals surface area (Å²) in [4.78, 5) is 0. The lowest BCUT2D eigenvalue weighted by molar-refractivity contribution is 0.484. The zero-order valence-electron chi connectivity index (χ0n) is 12.1. The van der Waals surface area contributed by atoms with Crippen LogP contribution < -0.4 is 16.4 Å². The van der Waals surface area contributed by atoms with Gasteiger partial charge in [0.05, 0.1) is 0 Å². The van der Waals surface area contributed by atoms with Gasteiger partial charge in [-0.25, -0.2) is 0 Å². The van der Waals surface area contributed by atoms with Crippen LogP contribution in [0.15, 0.2) is 24.3 Å². The summed E-state index contributed by atoms with van der Waals surface area (Å²) in [7, 11) is 17.7. The number of benzene rings is 2. The molecule has 1 nitrogen and oxygen atoms in total. The van der Waals surface area contributed by atoms with Gasteiger partial charge in [0.1, 0.15) is 29.3 Å². The molecule has 0 aliphatic heterocycles. The van der Waals surface area contributed by atoms with Crippen LogP contribution in [-0.4, -0.2) is 28.6 Å². The van der Waals surface area contributed by atoms with Gasteiger partial charge in [-0.1, -0.05) is 60.1 Å². The predicted octanol–water partition coefficient (Wildman–Crippen LogP) is 0.872. The molecule has 0 amide bonds. The summed E-state index contributed by atoms with van der Waals surface area (Å²) in [5, 5.41) is 9.76. The van der Waals surface area contributed by atoms with Gasteiger partial charge in [0, 0.05) is 0 Å². The molecule has 0 spiro atoms. The molecule has 0 unspecified atom stereocenters. The summed E-state index contributed by atoms with van der Waals surface area (Å²) in [5.74, 6) is 0.200. The van der Waals surface area contributed by atoms with Crippen LogP contribution in [-0.2, 0) is 0 Å². The van der Waals surface area contributed by atoms with Gasteiger partial charge in [0.2, 0.25) is 0 Å². The number of phenols is 1. The van der Waals surface area contributed by atoms with E-state index in [0.29, 0.717) is 11.4 Å². The number of phenolic OH excluding ortho intramolecular Hbond substituents is 1. The summed E-state index contributed by atoms with van der Waals surface area (Å²) < 4.78 is 0. The molecule has 0 aliphatic rings. The molecule has 0 saturated carbocycles. The predicted molar refractivity (Wildman–Crippen MR) is 88.5 cm³/mol. The van der Waals surface area contributed by atoms with E-state index in [4.69, 9.17) is 23.5 Å². The fourth-order valence-electron chi connectivity index (χ4n) is 2.36. The minimum atomic E-state index is -0.148. The minimum Gasteiger partial charge on any atom is -0.509 e. The number of aryl methyl sites for hydroxylation is 1. The molecule has 6 radical (unpaired) electrons. The third-order valence-electron chi connectivity index (χ3n) is 3.53. The van der Waals surface area contributed by atoms with Crippen molar-refractivity contribution in [3.8, 4) is 16.9 Å². The van der Waals surface area contributed by atoms with Gasteiger partial charge in [0.25, 0.3) is 0 Å². The Morgan fingerprint density at radius 1 is 0.950 bits per heavy atom. The molecule has 2 aromatic rings. The van der Waals surface area contributed by atoms with Gasteiger partial charge in [-0.05, 0) is 29.5 Å². The minimum absolute atomic E-state index is 0.135. The Balaban J connectivity index is 2.78. The van der Waals surface area contributed by atoms with Crippen LogP contribution in [0.25, 0.3) is 11.1 Å². The molecule has 0 saturated heterocycles. The average molecular weight is 256 g/mol. The highest BCUT2D eigenvalue weighted by Gasteiger charge is 2.14. The van der Waals surface area contributed by atoms with Crippen LogP contribution >= 0.6 is 0 Å². The third kappa shape index (κ3) is 2.52. The van der Waals surface area contributed by atoms with Crippen LogP contribution in [0.3, 0.4) is 0 Å². The van der Waals surface area contributed by atoms with Crippen molar-refractivity contribution in [3.63, 3.8) is 0 Å². The van der Waals surface area contributed by atoms with E-state index in [1.807, 2.05) is 6.92 Å². The van der Waals surface area contributed by atoms with Gasteiger partial charge in [0.15, 0.2) is 0 Å². The SMILES string of the molecule is [B]c1cc(-c2cc(C)ccc2C(C)C)c([B])c([B])c1O. The van der Waals surface area contributed by atoms with E-state index in [1.54, 1.807) is 6.07 Å². The van der Waals surface area contributed by atoms with E-state index in [1.165, 1.54) is 5.56 Å². The van der Waals surface area contributed by atoms with Crippen molar-refractivity contribution in [2.75, 3.05) is 0 Å². The van der Waals surface area contributed by atoms with Crippen molar-refractivity contribution in [2.45, 2.75) is 26.7 Å². The maximum absolute atomic E-state index is 9.76. The molecular formula is C16H15B3O. The average Bonchev–Trinajstić information content (AvgIpc) is 2.40. The van der Waals surface area contributed by atoms with Gasteiger partial charge in [-0.3, -0.25) is 0 Å². The molecule has 0 bridgehead atoms. The van der Waals surface area contributed by atoms with Gasteiger partial charge >= 0.3 is 0 Å². The maximum atomic E-state index is 9.76. The highest BCUT2D eigenvalue weighted by Crippen LogP contribution is 2.29. The molecule has 20 heavy (non-hydrogen) atoms. The first kappa shape index (κ1) is 14.8. The molecule has 94 valence electrons. The van der Waals surface area contributed by atoms with Gasteiger partial charge in [-0.2, -0.15) is 0 Å². The maximum Gasteiger partial charge on any atom is 0.118 e. The monoisotopic (exact) mass is 256 g/mol. The van der Waals surface area contributed by atoms with Crippen molar-refractivity contribution in [2.24, 2.45) is 0 Å². The first-order chi connectivity index (χ1) is 9.32. The Labute approximate surface area is 124 Å². The Bertz CT molecular complexity index is 663. The van der Waals surface area contributed by atoms with E-state index < -0.39 is 0 Å². The lowest BCUT2D eigenvalue weighted by Gasteiger charge is -2.19. The Hall–Kier alpha value is -1.57. The van der Waals surface area contributed by atoms with Crippen molar-refractivity contribution in [3.05, 3.63) is 35.4 Å². The zero-order chi connectivity index (χ0) is 15.0. The second-order valence-electron chi connectivity index (χ2n) is 5.43. The second kappa shape index (κ2) is 5.44. The summed E-state index contributed by atoms with van der Waals surface area (Å²) in [6.07, 6.45) is 0. The van der Waals surface area contributed by atoms with Crippen LogP contribution in [0.4, 0.5) is 0 Å². The number of hydrogen-bond donors (Lipinski definition) is 1. The first-order valence-electron chi connectivity index (χ1n) is 6.60. The Kier molecular flexibility index (Phi) is 4.03. The fraction of sp³-hybridized carbons (Fsp3) is 0.250. The highest BCUT2D eigenvalue weighted by molar-refractivity contribution is 6.54. The first-order valence-corrected chi connectivity index (χ1v) is 6.60. The smallest absolute Gasteiger partial charge is 0.118 e. The molecule has 0 aliphatic carbocycles. The molecule has 0 aromatic heterocycles. The van der Waals surface area contributed by atoms with Crippen molar-refractivity contribution >= 4 is 39.9 Å². The number of hydrogen-bond acceptors (Lipinski definition) is 1. The molecule has 0 heterocycles. The topological polar surface area (TPSA) is 20.2 Å². The van der Waals surface area contributed by atoms with Crippen molar-refractivity contribution in [1.29, 1.82) is 0 Å². The normalized spacial score (nSPS) is 11.0. The lowest BCUT2D eigenvalue weighted by Crippen LogP contribution is -2.32. The van der Waals surface area contributed by atoms with E-state index in [-0.39, 0.29) is 16.7 Å². The van der Waals surface area contributed by atoms with Crippen LogP contribution in [0, 0.1) is 6.92 Å². The molecule has 0 fully saturated rings. The van der Waals surface area contributed by atoms with Gasteiger partial charge in [-0.15, -0.1) is 0 Å². The quantitative estimate of drug-likeness (QED) is 0.790. The van der Waals surface area contributed by atoms with Crippen LogP contribution in [0.2, 0.25) is 0 Å². The zero-order valence-corrected chi connectivity index (χ0v) is 12.1. The molecule has 2 aromatic carbocycles. The molecule has 0 atom stereocenters. The van der Waals surface area contributed by atoms with E-state index in [9.17, 15) is 5.11 Å². The molecule has 4 heteroatoms. The summed E-state index contributed by atoms with van der Waals surface area (Å²) in [6.45, 7) is 6.27. The lowest BCUT2D eigenvalue weighted by atomic mass is 9.71. The standard InChI is InChI=1S/C16H15B3O/c1-8(2)10-5-4-9(3)6-11(10)12-7-13(17)16(20)15(19)14(12)18/h4-8,20H,1-3H3. The Morgan fingerprint density at radius 2 is 1.60 bits per heavy atom. The fourth-order valence-corrected chi connectivity index (χ4v) is 2.36. The second-order valence-corrected chi connectivity index (χ2v) is 5.43. The van der Waals surface area contributed by atoms with Crippen molar-refractivity contribution < 1.29 is 5.11 Å². The third-order valence-corrected chi connectivity index (χ3v) is 3.53. The number of rotatable bonds is 2. The van der Waals surface area contributed by atoms with Crippen LogP contribution in [0.1, 0.15) is 30.9 Å². The summed E-state index contributed by atoms with van der Waals surface area (Å²) >= 11 is 0. The van der Waals surface area contributed by atoms with Crippen LogP contribution in [0.5, 0.6) is 5.75 Å². The largest absolute Gasteiger partial charge is 0.509 e. The highest BCUT2D eigenvalue weighted by atomic mass is 16.3. The summed E-state index contributed by atoms with van der Waals surface area (Å²) in [6, 6.07) is 7.91. The molecule has 1 N–H and O–H groups in total. The van der Waals surface area contributed by atoms with E-state index >= 15 is 0 Å². The van der Waals surface area contributed by atoms with E-state index in [2.05, 4.69) is 32.0 Å². The van der Waals surface area contributed by atoms with Gasteiger partial charge < -0.3 is 5.11 Å². The Morgan fingerprint density at radius 3 is 2.20 bits per heavy atom. The van der Waals surface area contributed by atoms with E-state index in [0.717, 1.165) is 16.7 Å². The molecular weight excluding hydrogens is 241 g/mol. The number of aromatic hydroxyl groups is 1. The van der Waals surface area contributed by atoms with Crippen molar-refractivity contribution in [1.82, 2.24) is 0 Å². The molecule has 2 rings (SSSR count).